The van der Waals surface area contributed by atoms with Crippen molar-refractivity contribution in [2.45, 2.75) is 6.42 Å². The van der Waals surface area contributed by atoms with E-state index in [1.54, 1.807) is 6.08 Å². The van der Waals surface area contributed by atoms with Gasteiger partial charge in [-0.1, -0.05) is 12.1 Å². The lowest BCUT2D eigenvalue weighted by atomic mass is 10.1. The number of hydrogen-bond donors (Lipinski definition) is 2. The molecular formula is C9H12N2. The van der Waals surface area contributed by atoms with Gasteiger partial charge in [-0.3, -0.25) is 0 Å². The molecule has 1 aromatic carbocycles. The van der Waals surface area contributed by atoms with E-state index in [-0.39, 0.29) is 0 Å². The first kappa shape index (κ1) is 7.66. The molecule has 11 heavy (non-hydrogen) atoms. The molecule has 0 radical (unpaired) electrons. The summed E-state index contributed by atoms with van der Waals surface area (Å²) in [6.45, 7) is 3.63. The fourth-order valence-corrected chi connectivity index (χ4v) is 1.00. The smallest absolute Gasteiger partial charge is 0.0370 e. The Labute approximate surface area is 66.5 Å². The maximum absolute atomic E-state index is 5.68. The van der Waals surface area contributed by atoms with E-state index in [0.717, 1.165) is 23.4 Å². The third kappa shape index (κ3) is 1.52. The molecule has 0 aliphatic rings. The fraction of sp³-hybridized carbons (Fsp3) is 0.111. The molecule has 1 rings (SSSR count). The van der Waals surface area contributed by atoms with E-state index < -0.39 is 0 Å². The van der Waals surface area contributed by atoms with Crippen molar-refractivity contribution in [2.24, 2.45) is 0 Å². The van der Waals surface area contributed by atoms with E-state index in [1.807, 2.05) is 18.2 Å². The van der Waals surface area contributed by atoms with Gasteiger partial charge in [0.05, 0.1) is 0 Å². The Morgan fingerprint density at radius 2 is 1.82 bits per heavy atom. The van der Waals surface area contributed by atoms with Crippen molar-refractivity contribution in [1.29, 1.82) is 0 Å². The van der Waals surface area contributed by atoms with Crippen LogP contribution in [0.3, 0.4) is 0 Å². The second-order valence-corrected chi connectivity index (χ2v) is 2.41. The maximum atomic E-state index is 5.68. The molecule has 0 fully saturated rings. The molecule has 4 N–H and O–H groups in total. The van der Waals surface area contributed by atoms with Crippen LogP contribution in [0.25, 0.3) is 0 Å². The van der Waals surface area contributed by atoms with Crippen LogP contribution in [0.5, 0.6) is 0 Å². The lowest BCUT2D eigenvalue weighted by molar-refractivity contribution is 1.29. The molecule has 0 saturated carbocycles. The Morgan fingerprint density at radius 3 is 2.27 bits per heavy atom. The van der Waals surface area contributed by atoms with E-state index in [0.29, 0.717) is 0 Å². The second-order valence-electron chi connectivity index (χ2n) is 2.41. The van der Waals surface area contributed by atoms with E-state index >= 15 is 0 Å². The largest absolute Gasteiger partial charge is 0.398 e. The zero-order valence-electron chi connectivity index (χ0n) is 6.38. The van der Waals surface area contributed by atoms with Gasteiger partial charge >= 0.3 is 0 Å². The van der Waals surface area contributed by atoms with Crippen LogP contribution in [0.2, 0.25) is 0 Å². The van der Waals surface area contributed by atoms with Gasteiger partial charge in [-0.15, -0.1) is 6.58 Å². The van der Waals surface area contributed by atoms with Gasteiger partial charge in [-0.05, 0) is 18.6 Å². The van der Waals surface area contributed by atoms with E-state index in [1.165, 1.54) is 0 Å². The first-order chi connectivity index (χ1) is 5.25. The summed E-state index contributed by atoms with van der Waals surface area (Å²) < 4.78 is 0. The number of hydrogen-bond acceptors (Lipinski definition) is 2. The highest BCUT2D eigenvalue weighted by Crippen LogP contribution is 2.19. The van der Waals surface area contributed by atoms with Crippen molar-refractivity contribution in [1.82, 2.24) is 0 Å². The van der Waals surface area contributed by atoms with Gasteiger partial charge in [0.25, 0.3) is 0 Å². The summed E-state index contributed by atoms with van der Waals surface area (Å²) in [5.74, 6) is 0. The molecule has 0 spiro atoms. The molecule has 1 aromatic rings. The van der Waals surface area contributed by atoms with Crippen LogP contribution in [0.1, 0.15) is 5.56 Å². The van der Waals surface area contributed by atoms with Crippen LogP contribution < -0.4 is 11.5 Å². The SMILES string of the molecule is C=CCc1c(N)cccc1N. The van der Waals surface area contributed by atoms with Gasteiger partial charge in [-0.2, -0.15) is 0 Å². The average molecular weight is 148 g/mol. The number of benzene rings is 1. The van der Waals surface area contributed by atoms with Crippen LogP contribution >= 0.6 is 0 Å². The predicted molar refractivity (Wildman–Crippen MR) is 49.2 cm³/mol. The molecule has 2 nitrogen and oxygen atoms in total. The summed E-state index contributed by atoms with van der Waals surface area (Å²) in [6, 6.07) is 5.53. The number of allylic oxidation sites excluding steroid dienone is 1. The zero-order chi connectivity index (χ0) is 8.27. The predicted octanol–water partition coefficient (Wildman–Crippen LogP) is 1.58. The first-order valence-electron chi connectivity index (χ1n) is 3.49. The number of rotatable bonds is 2. The molecular weight excluding hydrogens is 136 g/mol. The van der Waals surface area contributed by atoms with Crippen molar-refractivity contribution < 1.29 is 0 Å². The molecule has 58 valence electrons. The number of nitrogen functional groups attached to an aromatic ring is 2. The van der Waals surface area contributed by atoms with Gasteiger partial charge in [-0.25, -0.2) is 0 Å². The molecule has 0 aliphatic carbocycles. The van der Waals surface area contributed by atoms with Gasteiger partial charge in [0.1, 0.15) is 0 Å². The summed E-state index contributed by atoms with van der Waals surface area (Å²) in [6.07, 6.45) is 2.53. The highest BCUT2D eigenvalue weighted by molar-refractivity contribution is 5.61. The zero-order valence-corrected chi connectivity index (χ0v) is 6.38. The van der Waals surface area contributed by atoms with Crippen LogP contribution in [0.4, 0.5) is 11.4 Å². The highest BCUT2D eigenvalue weighted by Gasteiger charge is 1.99. The van der Waals surface area contributed by atoms with Crippen molar-refractivity contribution in [3.8, 4) is 0 Å². The van der Waals surface area contributed by atoms with Crippen molar-refractivity contribution in [2.75, 3.05) is 11.5 Å². The minimum Gasteiger partial charge on any atom is -0.398 e. The molecule has 2 heteroatoms. The first-order valence-corrected chi connectivity index (χ1v) is 3.49. The maximum Gasteiger partial charge on any atom is 0.0370 e. The quantitative estimate of drug-likeness (QED) is 0.494. The third-order valence-electron chi connectivity index (χ3n) is 1.60. The van der Waals surface area contributed by atoms with Crippen LogP contribution in [-0.2, 0) is 6.42 Å². The van der Waals surface area contributed by atoms with Crippen molar-refractivity contribution in [3.63, 3.8) is 0 Å². The van der Waals surface area contributed by atoms with Gasteiger partial charge in [0.15, 0.2) is 0 Å². The van der Waals surface area contributed by atoms with Crippen molar-refractivity contribution >= 4 is 11.4 Å². The summed E-state index contributed by atoms with van der Waals surface area (Å²) in [4.78, 5) is 0. The fourth-order valence-electron chi connectivity index (χ4n) is 1.00. The van der Waals surface area contributed by atoms with Gasteiger partial charge < -0.3 is 11.5 Å². The molecule has 0 unspecified atom stereocenters. The van der Waals surface area contributed by atoms with E-state index in [9.17, 15) is 0 Å². The normalized spacial score (nSPS) is 9.45. The van der Waals surface area contributed by atoms with Crippen LogP contribution in [0, 0.1) is 0 Å². The average Bonchev–Trinajstić information content (AvgIpc) is 1.97. The molecule has 0 saturated heterocycles. The lowest BCUT2D eigenvalue weighted by Crippen LogP contribution is -1.98. The summed E-state index contributed by atoms with van der Waals surface area (Å²) in [7, 11) is 0. The topological polar surface area (TPSA) is 52.0 Å². The Balaban J connectivity index is 3.09. The third-order valence-corrected chi connectivity index (χ3v) is 1.60. The Kier molecular flexibility index (Phi) is 2.16. The van der Waals surface area contributed by atoms with E-state index in [2.05, 4.69) is 6.58 Å². The Bertz CT molecular complexity index is 246. The number of nitrogens with two attached hydrogens (primary N) is 2. The molecule has 0 aliphatic heterocycles. The molecule has 0 amide bonds. The minimum absolute atomic E-state index is 0.735. The monoisotopic (exact) mass is 148 g/mol. The summed E-state index contributed by atoms with van der Waals surface area (Å²) in [5.41, 5.74) is 13.8. The Morgan fingerprint density at radius 1 is 1.27 bits per heavy atom. The highest BCUT2D eigenvalue weighted by atomic mass is 14.6. The van der Waals surface area contributed by atoms with Gasteiger partial charge in [0.2, 0.25) is 0 Å². The summed E-state index contributed by atoms with van der Waals surface area (Å²) in [5, 5.41) is 0. The second kappa shape index (κ2) is 3.10. The molecule has 0 atom stereocenters. The van der Waals surface area contributed by atoms with Crippen LogP contribution in [-0.4, -0.2) is 0 Å². The summed E-state index contributed by atoms with van der Waals surface area (Å²) >= 11 is 0. The van der Waals surface area contributed by atoms with E-state index in [4.69, 9.17) is 11.5 Å². The molecule has 0 bridgehead atoms. The number of anilines is 2. The molecule has 0 aromatic heterocycles. The lowest BCUT2D eigenvalue weighted by Gasteiger charge is -2.05. The Hall–Kier alpha value is -1.44. The van der Waals surface area contributed by atoms with Crippen molar-refractivity contribution in [3.05, 3.63) is 36.4 Å². The molecule has 0 heterocycles. The van der Waals surface area contributed by atoms with Gasteiger partial charge in [0, 0.05) is 16.9 Å². The minimum atomic E-state index is 0.735. The standard InChI is InChI=1S/C9H12N2/c1-2-4-7-8(10)5-3-6-9(7)11/h2-3,5-6H,1,4,10-11H2. The van der Waals surface area contributed by atoms with Crippen LogP contribution in [0.15, 0.2) is 30.9 Å².